The summed E-state index contributed by atoms with van der Waals surface area (Å²) in [5, 5.41) is 15.4. The number of rotatable bonds is 6. The van der Waals surface area contributed by atoms with Crippen molar-refractivity contribution in [1.29, 1.82) is 0 Å². The molecular formula is C18H22N4O3. The summed E-state index contributed by atoms with van der Waals surface area (Å²) in [6.07, 6.45) is 6.65. The maximum atomic E-state index is 12.2. The zero-order chi connectivity index (χ0) is 17.6. The van der Waals surface area contributed by atoms with Gasteiger partial charge in [0.2, 0.25) is 0 Å². The lowest BCUT2D eigenvalue weighted by Crippen LogP contribution is -2.29. The van der Waals surface area contributed by atoms with E-state index in [1.165, 1.54) is 41.9 Å². The minimum atomic E-state index is -1.00. The van der Waals surface area contributed by atoms with E-state index in [-0.39, 0.29) is 12.5 Å². The molecule has 2 heterocycles. The molecule has 2 N–H and O–H groups in total. The number of nitrogens with zero attached hydrogens (tertiary/aromatic N) is 3. The van der Waals surface area contributed by atoms with E-state index < -0.39 is 5.97 Å². The smallest absolute Gasteiger partial charge is 0.325 e. The van der Waals surface area contributed by atoms with E-state index in [4.69, 9.17) is 5.11 Å². The van der Waals surface area contributed by atoms with Crippen molar-refractivity contribution in [3.63, 3.8) is 0 Å². The number of carboxylic acids is 1. The molecule has 1 amide bonds. The molecule has 0 saturated carbocycles. The summed E-state index contributed by atoms with van der Waals surface area (Å²) in [5.74, 6) is -1.31. The van der Waals surface area contributed by atoms with Gasteiger partial charge in [0.15, 0.2) is 0 Å². The Hall–Kier alpha value is -2.67. The highest BCUT2D eigenvalue weighted by Crippen LogP contribution is 2.16. The minimum Gasteiger partial charge on any atom is -0.480 e. The second-order valence-electron chi connectivity index (χ2n) is 6.31. The number of hydrogen-bond donors (Lipinski definition) is 2. The lowest BCUT2D eigenvalue weighted by molar-refractivity contribution is -0.137. The summed E-state index contributed by atoms with van der Waals surface area (Å²) in [7, 11) is 0. The normalized spacial score (nSPS) is 15.0. The van der Waals surface area contributed by atoms with Gasteiger partial charge >= 0.3 is 5.97 Å². The van der Waals surface area contributed by atoms with Crippen LogP contribution in [0.1, 0.15) is 35.2 Å². The summed E-state index contributed by atoms with van der Waals surface area (Å²) in [5.41, 5.74) is 2.27. The molecule has 132 valence electrons. The first-order valence-corrected chi connectivity index (χ1v) is 8.47. The van der Waals surface area contributed by atoms with Gasteiger partial charge in [0.05, 0.1) is 11.8 Å². The van der Waals surface area contributed by atoms with E-state index >= 15 is 0 Å². The molecule has 0 atom stereocenters. The van der Waals surface area contributed by atoms with Crippen LogP contribution in [-0.4, -0.2) is 44.8 Å². The topological polar surface area (TPSA) is 87.5 Å². The molecule has 7 nitrogen and oxygen atoms in total. The number of carbonyl (C=O) groups excluding carboxylic acids is 1. The molecular weight excluding hydrogens is 320 g/mol. The van der Waals surface area contributed by atoms with Gasteiger partial charge in [-0.2, -0.15) is 5.10 Å². The van der Waals surface area contributed by atoms with Gasteiger partial charge < -0.3 is 10.4 Å². The first kappa shape index (κ1) is 17.2. The molecule has 1 fully saturated rings. The predicted octanol–water partition coefficient (Wildman–Crippen LogP) is 2.21. The molecule has 3 rings (SSSR count). The van der Waals surface area contributed by atoms with Crippen molar-refractivity contribution in [2.75, 3.05) is 18.4 Å². The Morgan fingerprint density at radius 2 is 1.84 bits per heavy atom. The Morgan fingerprint density at radius 1 is 1.12 bits per heavy atom. The highest BCUT2D eigenvalue weighted by Gasteiger charge is 2.12. The van der Waals surface area contributed by atoms with Crippen LogP contribution in [0.2, 0.25) is 0 Å². The Kier molecular flexibility index (Phi) is 5.45. The van der Waals surface area contributed by atoms with E-state index in [0.29, 0.717) is 11.3 Å². The number of carbonyl (C=O) groups is 2. The third-order valence-corrected chi connectivity index (χ3v) is 4.26. The fourth-order valence-corrected chi connectivity index (χ4v) is 2.98. The van der Waals surface area contributed by atoms with Crippen molar-refractivity contribution >= 4 is 17.6 Å². The number of carboxylic acid groups (broad SMARTS) is 1. The summed E-state index contributed by atoms with van der Waals surface area (Å²) in [6.45, 7) is 2.98. The average molecular weight is 342 g/mol. The van der Waals surface area contributed by atoms with E-state index in [1.54, 1.807) is 0 Å². The highest BCUT2D eigenvalue weighted by molar-refractivity contribution is 6.03. The van der Waals surface area contributed by atoms with Crippen molar-refractivity contribution in [2.45, 2.75) is 32.4 Å². The highest BCUT2D eigenvalue weighted by atomic mass is 16.4. The maximum absolute atomic E-state index is 12.2. The predicted molar refractivity (Wildman–Crippen MR) is 93.4 cm³/mol. The molecule has 2 aromatic rings. The van der Waals surface area contributed by atoms with E-state index in [9.17, 15) is 9.59 Å². The number of amides is 1. The van der Waals surface area contributed by atoms with Crippen molar-refractivity contribution in [2.24, 2.45) is 0 Å². The summed E-state index contributed by atoms with van der Waals surface area (Å²) in [6, 6.07) is 7.83. The summed E-state index contributed by atoms with van der Waals surface area (Å²) in [4.78, 5) is 25.3. The molecule has 0 bridgehead atoms. The van der Waals surface area contributed by atoms with Crippen LogP contribution in [-0.2, 0) is 17.9 Å². The van der Waals surface area contributed by atoms with Crippen molar-refractivity contribution in [1.82, 2.24) is 14.7 Å². The largest absolute Gasteiger partial charge is 0.480 e. The molecule has 1 saturated heterocycles. The van der Waals surface area contributed by atoms with E-state index in [0.717, 1.165) is 19.6 Å². The molecule has 0 spiro atoms. The molecule has 0 radical (unpaired) electrons. The number of anilines is 1. The van der Waals surface area contributed by atoms with Crippen LogP contribution in [0.4, 0.5) is 5.69 Å². The molecule has 1 aromatic carbocycles. The fraction of sp³-hybridized carbons (Fsp3) is 0.389. The van der Waals surface area contributed by atoms with Crippen molar-refractivity contribution in [3.8, 4) is 0 Å². The van der Waals surface area contributed by atoms with Crippen molar-refractivity contribution < 1.29 is 14.7 Å². The summed E-state index contributed by atoms with van der Waals surface area (Å²) < 4.78 is 1.22. The molecule has 25 heavy (non-hydrogen) atoms. The number of nitrogens with one attached hydrogen (secondary N) is 1. The van der Waals surface area contributed by atoms with Crippen LogP contribution in [0.5, 0.6) is 0 Å². The summed E-state index contributed by atoms with van der Waals surface area (Å²) >= 11 is 0. The minimum absolute atomic E-state index is 0.265. The van der Waals surface area contributed by atoms with Crippen LogP contribution in [0, 0.1) is 0 Å². The van der Waals surface area contributed by atoms with Gasteiger partial charge in [-0.15, -0.1) is 0 Å². The second kappa shape index (κ2) is 7.94. The molecule has 0 unspecified atom stereocenters. The first-order chi connectivity index (χ1) is 12.1. The van der Waals surface area contributed by atoms with Gasteiger partial charge in [0.1, 0.15) is 6.54 Å². The molecule has 0 aliphatic carbocycles. The van der Waals surface area contributed by atoms with Crippen LogP contribution in [0.3, 0.4) is 0 Å². The Morgan fingerprint density at radius 3 is 2.52 bits per heavy atom. The number of aliphatic carboxylic acids is 1. The average Bonchev–Trinajstić information content (AvgIpc) is 3.05. The Bertz CT molecular complexity index is 733. The first-order valence-electron chi connectivity index (χ1n) is 8.47. The Balaban J connectivity index is 1.56. The van der Waals surface area contributed by atoms with Crippen LogP contribution in [0.15, 0.2) is 36.7 Å². The quantitative estimate of drug-likeness (QED) is 0.840. The fourth-order valence-electron chi connectivity index (χ4n) is 2.98. The maximum Gasteiger partial charge on any atom is 0.325 e. The van der Waals surface area contributed by atoms with Crippen LogP contribution >= 0.6 is 0 Å². The van der Waals surface area contributed by atoms with Crippen LogP contribution in [0.25, 0.3) is 0 Å². The zero-order valence-corrected chi connectivity index (χ0v) is 14.0. The third kappa shape index (κ3) is 4.90. The van der Waals surface area contributed by atoms with Gasteiger partial charge in [-0.3, -0.25) is 19.2 Å². The lowest BCUT2D eigenvalue weighted by Gasteiger charge is -2.26. The lowest BCUT2D eigenvalue weighted by atomic mass is 10.1. The van der Waals surface area contributed by atoms with E-state index in [2.05, 4.69) is 15.3 Å². The molecule has 7 heteroatoms. The van der Waals surface area contributed by atoms with Gasteiger partial charge in [-0.05, 0) is 43.6 Å². The SMILES string of the molecule is O=C(O)Cn1cc(C(=O)Nc2ccc(CN3CCCCC3)cc2)cn1. The van der Waals surface area contributed by atoms with Gasteiger partial charge in [-0.1, -0.05) is 18.6 Å². The third-order valence-electron chi connectivity index (χ3n) is 4.26. The van der Waals surface area contributed by atoms with Gasteiger partial charge in [-0.25, -0.2) is 0 Å². The number of piperidine rings is 1. The second-order valence-corrected chi connectivity index (χ2v) is 6.31. The van der Waals surface area contributed by atoms with E-state index in [1.807, 2.05) is 24.3 Å². The number of benzene rings is 1. The monoisotopic (exact) mass is 342 g/mol. The molecule has 1 aromatic heterocycles. The molecule has 1 aliphatic heterocycles. The standard InChI is InChI=1S/C18H22N4O3/c23-17(24)13-22-12-15(10-19-22)18(25)20-16-6-4-14(5-7-16)11-21-8-2-1-3-9-21/h4-7,10,12H,1-3,8-9,11,13H2,(H,20,25)(H,23,24). The van der Waals surface area contributed by atoms with Crippen LogP contribution < -0.4 is 5.32 Å². The Labute approximate surface area is 146 Å². The number of aromatic nitrogens is 2. The molecule has 1 aliphatic rings. The van der Waals surface area contributed by atoms with Gasteiger partial charge in [0, 0.05) is 18.4 Å². The number of likely N-dealkylation sites (tertiary alicyclic amines) is 1. The van der Waals surface area contributed by atoms with Gasteiger partial charge in [0.25, 0.3) is 5.91 Å². The zero-order valence-electron chi connectivity index (χ0n) is 14.0. The van der Waals surface area contributed by atoms with Crippen molar-refractivity contribution in [3.05, 3.63) is 47.8 Å². The number of hydrogen-bond acceptors (Lipinski definition) is 4.